The van der Waals surface area contributed by atoms with E-state index in [2.05, 4.69) is 0 Å². The maximum Gasteiger partial charge on any atom is 0.337 e. The fourth-order valence-corrected chi connectivity index (χ4v) is 2.91. The van der Waals surface area contributed by atoms with Crippen molar-refractivity contribution >= 4 is 17.7 Å². The Morgan fingerprint density at radius 3 is 2.93 bits per heavy atom. The molecular formula is C9H16O4S. The summed E-state index contributed by atoms with van der Waals surface area (Å²) in [5, 5.41) is 17.8. The van der Waals surface area contributed by atoms with E-state index in [1.54, 1.807) is 11.8 Å². The number of aliphatic hydroxyl groups is 1. The standard InChI is InChI=1S/C9H16O4S/c1-7-9(8(11)12,13-5-4-10)3-2-6-14-7/h7,10H,2-6H2,1H3,(H,11,12). The normalized spacial score (nSPS) is 32.9. The minimum Gasteiger partial charge on any atom is -0.479 e. The molecule has 2 unspecified atom stereocenters. The first-order chi connectivity index (χ1) is 6.63. The lowest BCUT2D eigenvalue weighted by atomic mass is 9.93. The Labute approximate surface area is 87.6 Å². The van der Waals surface area contributed by atoms with E-state index in [1.807, 2.05) is 6.92 Å². The first-order valence-corrected chi connectivity index (χ1v) is 5.78. The van der Waals surface area contributed by atoms with Gasteiger partial charge in [0.1, 0.15) is 0 Å². The van der Waals surface area contributed by atoms with Crippen molar-refractivity contribution in [2.24, 2.45) is 0 Å². The van der Waals surface area contributed by atoms with Crippen molar-refractivity contribution in [1.29, 1.82) is 0 Å². The number of carboxylic acid groups (broad SMARTS) is 1. The van der Waals surface area contributed by atoms with Gasteiger partial charge < -0.3 is 14.9 Å². The average Bonchev–Trinajstić information content (AvgIpc) is 2.16. The van der Waals surface area contributed by atoms with Gasteiger partial charge in [0.2, 0.25) is 0 Å². The number of aliphatic hydroxyl groups excluding tert-OH is 1. The fraction of sp³-hybridized carbons (Fsp3) is 0.889. The van der Waals surface area contributed by atoms with Crippen molar-refractivity contribution < 1.29 is 19.7 Å². The summed E-state index contributed by atoms with van der Waals surface area (Å²) in [6.45, 7) is 1.83. The molecule has 0 spiro atoms. The first kappa shape index (κ1) is 11.8. The van der Waals surface area contributed by atoms with Gasteiger partial charge in [-0.1, -0.05) is 0 Å². The fourth-order valence-electron chi connectivity index (χ4n) is 1.69. The minimum absolute atomic E-state index is 0.0553. The van der Waals surface area contributed by atoms with Crippen LogP contribution in [0.15, 0.2) is 0 Å². The number of carbonyl (C=O) groups is 1. The van der Waals surface area contributed by atoms with Crippen LogP contribution in [0.2, 0.25) is 0 Å². The van der Waals surface area contributed by atoms with Gasteiger partial charge >= 0.3 is 5.97 Å². The van der Waals surface area contributed by atoms with Crippen LogP contribution in [0.5, 0.6) is 0 Å². The molecule has 1 saturated heterocycles. The lowest BCUT2D eigenvalue weighted by Crippen LogP contribution is -2.51. The van der Waals surface area contributed by atoms with Crippen LogP contribution < -0.4 is 0 Å². The average molecular weight is 220 g/mol. The third-order valence-electron chi connectivity index (χ3n) is 2.53. The van der Waals surface area contributed by atoms with E-state index in [1.165, 1.54) is 0 Å². The molecule has 82 valence electrons. The molecule has 1 heterocycles. The highest BCUT2D eigenvalue weighted by atomic mass is 32.2. The summed E-state index contributed by atoms with van der Waals surface area (Å²) in [4.78, 5) is 11.2. The molecule has 0 bridgehead atoms. The second kappa shape index (κ2) is 5.00. The Morgan fingerprint density at radius 2 is 2.43 bits per heavy atom. The molecule has 5 heteroatoms. The Hall–Kier alpha value is -0.260. The van der Waals surface area contributed by atoms with E-state index in [4.69, 9.17) is 14.9 Å². The zero-order valence-electron chi connectivity index (χ0n) is 8.23. The number of carboxylic acids is 1. The predicted octanol–water partition coefficient (Wildman–Crippen LogP) is 0.734. The minimum atomic E-state index is -1.09. The molecule has 1 aliphatic rings. The molecular weight excluding hydrogens is 204 g/mol. The molecule has 0 saturated carbocycles. The summed E-state index contributed by atoms with van der Waals surface area (Å²) in [7, 11) is 0. The van der Waals surface area contributed by atoms with E-state index in [9.17, 15) is 4.79 Å². The zero-order chi connectivity index (χ0) is 10.6. The molecule has 0 aliphatic carbocycles. The van der Waals surface area contributed by atoms with Crippen molar-refractivity contribution in [3.05, 3.63) is 0 Å². The SMILES string of the molecule is CC1SCCCC1(OCCO)C(=O)O. The highest BCUT2D eigenvalue weighted by molar-refractivity contribution is 8.00. The molecule has 4 nitrogen and oxygen atoms in total. The number of hydrogen-bond donors (Lipinski definition) is 2. The second-order valence-electron chi connectivity index (χ2n) is 3.38. The molecule has 14 heavy (non-hydrogen) atoms. The molecule has 0 aromatic rings. The van der Waals surface area contributed by atoms with Crippen molar-refractivity contribution in [1.82, 2.24) is 0 Å². The van der Waals surface area contributed by atoms with Crippen LogP contribution in [0.25, 0.3) is 0 Å². The van der Waals surface area contributed by atoms with Gasteiger partial charge in [-0.2, -0.15) is 11.8 Å². The number of thioether (sulfide) groups is 1. The molecule has 1 rings (SSSR count). The second-order valence-corrected chi connectivity index (χ2v) is 4.83. The Bertz CT molecular complexity index is 209. The van der Waals surface area contributed by atoms with Crippen molar-refractivity contribution in [3.63, 3.8) is 0 Å². The molecule has 1 fully saturated rings. The summed E-state index contributed by atoms with van der Waals surface area (Å²) in [5.41, 5.74) is -1.09. The third-order valence-corrected chi connectivity index (χ3v) is 3.94. The predicted molar refractivity (Wildman–Crippen MR) is 54.6 cm³/mol. The smallest absolute Gasteiger partial charge is 0.337 e. The van der Waals surface area contributed by atoms with Crippen molar-refractivity contribution in [3.8, 4) is 0 Å². The lowest BCUT2D eigenvalue weighted by Gasteiger charge is -2.38. The van der Waals surface area contributed by atoms with Gasteiger partial charge in [-0.3, -0.25) is 0 Å². The van der Waals surface area contributed by atoms with Gasteiger partial charge in [0.25, 0.3) is 0 Å². The summed E-state index contributed by atoms with van der Waals surface area (Å²) >= 11 is 1.62. The van der Waals surface area contributed by atoms with Crippen LogP contribution in [-0.2, 0) is 9.53 Å². The van der Waals surface area contributed by atoms with E-state index >= 15 is 0 Å². The van der Waals surface area contributed by atoms with Crippen LogP contribution >= 0.6 is 11.8 Å². The van der Waals surface area contributed by atoms with Gasteiger partial charge in [0.15, 0.2) is 5.60 Å². The van der Waals surface area contributed by atoms with Gasteiger partial charge in [0, 0.05) is 5.25 Å². The summed E-state index contributed by atoms with van der Waals surface area (Å²) < 4.78 is 5.32. The molecule has 2 N–H and O–H groups in total. The Morgan fingerprint density at radius 1 is 1.71 bits per heavy atom. The third kappa shape index (κ3) is 2.21. The van der Waals surface area contributed by atoms with Crippen molar-refractivity contribution in [2.45, 2.75) is 30.6 Å². The Kier molecular flexibility index (Phi) is 4.22. The van der Waals surface area contributed by atoms with E-state index < -0.39 is 11.6 Å². The van der Waals surface area contributed by atoms with Gasteiger partial charge in [-0.05, 0) is 25.5 Å². The lowest BCUT2D eigenvalue weighted by molar-refractivity contribution is -0.168. The number of ether oxygens (including phenoxy) is 1. The summed E-state index contributed by atoms with van der Waals surface area (Å²) in [6, 6.07) is 0. The van der Waals surface area contributed by atoms with E-state index in [0.29, 0.717) is 6.42 Å². The largest absolute Gasteiger partial charge is 0.479 e. The summed E-state index contributed by atoms with van der Waals surface area (Å²) in [6.07, 6.45) is 1.39. The maximum absolute atomic E-state index is 11.2. The topological polar surface area (TPSA) is 66.8 Å². The first-order valence-electron chi connectivity index (χ1n) is 4.73. The number of hydrogen-bond acceptors (Lipinski definition) is 4. The zero-order valence-corrected chi connectivity index (χ0v) is 9.05. The quantitative estimate of drug-likeness (QED) is 0.731. The van der Waals surface area contributed by atoms with Crippen LogP contribution in [-0.4, -0.2) is 46.0 Å². The highest BCUT2D eigenvalue weighted by Crippen LogP contribution is 2.37. The van der Waals surface area contributed by atoms with Gasteiger partial charge in [0.05, 0.1) is 13.2 Å². The molecule has 2 atom stereocenters. The molecule has 0 amide bonds. The number of rotatable bonds is 4. The molecule has 0 radical (unpaired) electrons. The molecule has 1 aliphatic heterocycles. The maximum atomic E-state index is 11.2. The van der Waals surface area contributed by atoms with Crippen molar-refractivity contribution in [2.75, 3.05) is 19.0 Å². The molecule has 0 aromatic carbocycles. The Balaban J connectivity index is 2.72. The number of aliphatic carboxylic acids is 1. The van der Waals surface area contributed by atoms with Crippen LogP contribution in [0, 0.1) is 0 Å². The summed E-state index contributed by atoms with van der Waals surface area (Å²) in [5.74, 6) is 0.0734. The van der Waals surface area contributed by atoms with Crippen LogP contribution in [0.4, 0.5) is 0 Å². The molecule has 0 aromatic heterocycles. The van der Waals surface area contributed by atoms with Gasteiger partial charge in [-0.25, -0.2) is 4.79 Å². The van der Waals surface area contributed by atoms with E-state index in [0.717, 1.165) is 12.2 Å². The van der Waals surface area contributed by atoms with Crippen LogP contribution in [0.1, 0.15) is 19.8 Å². The van der Waals surface area contributed by atoms with Crippen LogP contribution in [0.3, 0.4) is 0 Å². The highest BCUT2D eigenvalue weighted by Gasteiger charge is 2.46. The monoisotopic (exact) mass is 220 g/mol. The van der Waals surface area contributed by atoms with Gasteiger partial charge in [-0.15, -0.1) is 0 Å². The van der Waals surface area contributed by atoms with E-state index in [-0.39, 0.29) is 18.5 Å².